The molecule has 3 rings (SSSR count). The van der Waals surface area contributed by atoms with Crippen LogP contribution in [0.3, 0.4) is 0 Å². The number of rotatable bonds is 6. The molecule has 0 aliphatic carbocycles. The van der Waals surface area contributed by atoms with E-state index in [-0.39, 0.29) is 21.9 Å². The molecule has 0 atom stereocenters. The van der Waals surface area contributed by atoms with Gasteiger partial charge < -0.3 is 9.47 Å². The highest BCUT2D eigenvalue weighted by Crippen LogP contribution is 2.37. The maximum Gasteiger partial charge on any atom is 0.261 e. The van der Waals surface area contributed by atoms with Crippen molar-refractivity contribution in [3.63, 3.8) is 0 Å². The molecule has 0 saturated carbocycles. The number of Topliss-reactive ketones (excluding diaryl/α,β-unsaturated/α-hetero) is 1. The lowest BCUT2D eigenvalue weighted by atomic mass is 10.0. The van der Waals surface area contributed by atoms with E-state index in [1.54, 1.807) is 18.2 Å². The fraction of sp³-hybridized carbons (Fsp3) is 0.316. The molecule has 0 amide bonds. The van der Waals surface area contributed by atoms with E-state index in [1.165, 1.54) is 18.2 Å². The highest BCUT2D eigenvalue weighted by Gasteiger charge is 2.23. The summed E-state index contributed by atoms with van der Waals surface area (Å²) in [4.78, 5) is 12.6. The van der Waals surface area contributed by atoms with Gasteiger partial charge in [-0.05, 0) is 31.5 Å². The maximum absolute atomic E-state index is 12.7. The molecule has 2 aromatic rings. The number of carbonyl (C=O) groups is 1. The van der Waals surface area contributed by atoms with Gasteiger partial charge in [0.25, 0.3) is 10.0 Å². The van der Waals surface area contributed by atoms with Crippen molar-refractivity contribution in [2.45, 2.75) is 31.6 Å². The quantitative estimate of drug-likeness (QED) is 0.781. The fourth-order valence-corrected chi connectivity index (χ4v) is 3.76. The third-order valence-electron chi connectivity index (χ3n) is 4.04. The summed E-state index contributed by atoms with van der Waals surface area (Å²) in [5, 5.41) is 0. The molecule has 2 aromatic carbocycles. The number of nitrogens with one attached hydrogen (secondary N) is 1. The van der Waals surface area contributed by atoms with Crippen molar-refractivity contribution in [1.29, 1.82) is 0 Å². The first-order valence-corrected chi connectivity index (χ1v) is 9.95. The molecular formula is C19H21NO5S. The number of ether oxygens (including phenoxy) is 2. The van der Waals surface area contributed by atoms with E-state index in [4.69, 9.17) is 9.47 Å². The molecule has 7 heteroatoms. The first kappa shape index (κ1) is 18.3. The van der Waals surface area contributed by atoms with Crippen LogP contribution in [0.4, 0.5) is 5.69 Å². The van der Waals surface area contributed by atoms with Crippen LogP contribution in [-0.2, 0) is 10.0 Å². The fourth-order valence-electron chi connectivity index (χ4n) is 2.69. The number of sulfonamides is 1. The van der Waals surface area contributed by atoms with Gasteiger partial charge in [0.05, 0.1) is 10.6 Å². The van der Waals surface area contributed by atoms with Crippen molar-refractivity contribution in [3.8, 4) is 11.5 Å². The van der Waals surface area contributed by atoms with Gasteiger partial charge in [-0.15, -0.1) is 0 Å². The number of hydrogen-bond acceptors (Lipinski definition) is 5. The Labute approximate surface area is 153 Å². The molecule has 138 valence electrons. The van der Waals surface area contributed by atoms with Crippen LogP contribution in [0.5, 0.6) is 11.5 Å². The summed E-state index contributed by atoms with van der Waals surface area (Å²) >= 11 is 0. The molecule has 0 bridgehead atoms. The number of aryl methyl sites for hydroxylation is 1. The number of ketones is 1. The first-order chi connectivity index (χ1) is 12.4. The third-order valence-corrected chi connectivity index (χ3v) is 5.42. The van der Waals surface area contributed by atoms with Crippen molar-refractivity contribution in [2.24, 2.45) is 0 Å². The van der Waals surface area contributed by atoms with E-state index in [9.17, 15) is 13.2 Å². The highest BCUT2D eigenvalue weighted by atomic mass is 32.2. The minimum atomic E-state index is -3.83. The number of hydrogen-bond donors (Lipinski definition) is 1. The van der Waals surface area contributed by atoms with Crippen molar-refractivity contribution >= 4 is 21.5 Å². The molecular weight excluding hydrogens is 354 g/mol. The van der Waals surface area contributed by atoms with E-state index < -0.39 is 10.0 Å². The molecule has 6 nitrogen and oxygen atoms in total. The summed E-state index contributed by atoms with van der Waals surface area (Å²) < 4.78 is 39.0. The second-order valence-electron chi connectivity index (χ2n) is 6.13. The summed E-state index contributed by atoms with van der Waals surface area (Å²) in [5.41, 5.74) is 1.45. The van der Waals surface area contributed by atoms with Crippen LogP contribution >= 0.6 is 0 Å². The van der Waals surface area contributed by atoms with Crippen LogP contribution in [0.1, 0.15) is 35.7 Å². The summed E-state index contributed by atoms with van der Waals surface area (Å²) in [6, 6.07) is 9.58. The van der Waals surface area contributed by atoms with E-state index in [0.29, 0.717) is 37.6 Å². The Morgan fingerprint density at radius 1 is 1.08 bits per heavy atom. The van der Waals surface area contributed by atoms with Crippen LogP contribution in [0.25, 0.3) is 0 Å². The van der Waals surface area contributed by atoms with Crippen molar-refractivity contribution < 1.29 is 22.7 Å². The van der Waals surface area contributed by atoms with Gasteiger partial charge in [-0.2, -0.15) is 0 Å². The van der Waals surface area contributed by atoms with Gasteiger partial charge in [0.15, 0.2) is 17.3 Å². The van der Waals surface area contributed by atoms with Gasteiger partial charge in [0.1, 0.15) is 13.2 Å². The molecule has 26 heavy (non-hydrogen) atoms. The molecule has 1 N–H and O–H groups in total. The Kier molecular flexibility index (Phi) is 5.18. The molecule has 1 aliphatic heterocycles. The van der Waals surface area contributed by atoms with Gasteiger partial charge in [0.2, 0.25) is 0 Å². The standard InChI is InChI=1S/C19H21NO5S/c1-3-4-17(21)15-11-18-19(25-10-9-24-18)12-16(15)20-26(22,23)14-7-5-13(2)6-8-14/h5-8,11-12,20H,3-4,9-10H2,1-2H3. The van der Waals surface area contributed by atoms with E-state index in [1.807, 2.05) is 13.8 Å². The maximum atomic E-state index is 12.7. The van der Waals surface area contributed by atoms with Crippen LogP contribution in [-0.4, -0.2) is 27.4 Å². The van der Waals surface area contributed by atoms with Crippen molar-refractivity contribution in [2.75, 3.05) is 17.9 Å². The Bertz CT molecular complexity index is 920. The second kappa shape index (κ2) is 7.37. The average Bonchev–Trinajstić information content (AvgIpc) is 2.61. The van der Waals surface area contributed by atoms with Gasteiger partial charge in [0, 0.05) is 18.1 Å². The highest BCUT2D eigenvalue weighted by molar-refractivity contribution is 7.92. The monoisotopic (exact) mass is 375 g/mol. The zero-order valence-corrected chi connectivity index (χ0v) is 15.6. The molecule has 0 radical (unpaired) electrons. The van der Waals surface area contributed by atoms with E-state index >= 15 is 0 Å². The molecule has 0 aromatic heterocycles. The zero-order chi connectivity index (χ0) is 18.7. The average molecular weight is 375 g/mol. The zero-order valence-electron chi connectivity index (χ0n) is 14.7. The van der Waals surface area contributed by atoms with Crippen LogP contribution in [0.15, 0.2) is 41.3 Å². The van der Waals surface area contributed by atoms with Crippen molar-refractivity contribution in [3.05, 3.63) is 47.5 Å². The molecule has 1 heterocycles. The Balaban J connectivity index is 2.02. The number of carbonyl (C=O) groups excluding carboxylic acids is 1. The smallest absolute Gasteiger partial charge is 0.261 e. The summed E-state index contributed by atoms with van der Waals surface area (Å²) in [6.45, 7) is 4.54. The Morgan fingerprint density at radius 2 is 1.69 bits per heavy atom. The largest absolute Gasteiger partial charge is 0.486 e. The van der Waals surface area contributed by atoms with E-state index in [0.717, 1.165) is 5.56 Å². The second-order valence-corrected chi connectivity index (χ2v) is 7.82. The third kappa shape index (κ3) is 3.83. The number of anilines is 1. The predicted octanol–water partition coefficient (Wildman–Crippen LogP) is 3.55. The van der Waals surface area contributed by atoms with Crippen LogP contribution < -0.4 is 14.2 Å². The van der Waals surface area contributed by atoms with E-state index in [2.05, 4.69) is 4.72 Å². The Hall–Kier alpha value is -2.54. The van der Waals surface area contributed by atoms with Gasteiger partial charge in [-0.3, -0.25) is 9.52 Å². The van der Waals surface area contributed by atoms with Gasteiger partial charge >= 0.3 is 0 Å². The lowest BCUT2D eigenvalue weighted by Gasteiger charge is -2.21. The molecule has 0 unspecified atom stereocenters. The summed E-state index contributed by atoms with van der Waals surface area (Å²) in [5.74, 6) is 0.728. The lowest BCUT2D eigenvalue weighted by Crippen LogP contribution is -2.19. The van der Waals surface area contributed by atoms with Crippen molar-refractivity contribution in [1.82, 2.24) is 0 Å². The predicted molar refractivity (Wildman–Crippen MR) is 98.7 cm³/mol. The van der Waals surface area contributed by atoms with Crippen LogP contribution in [0.2, 0.25) is 0 Å². The van der Waals surface area contributed by atoms with Gasteiger partial charge in [-0.25, -0.2) is 8.42 Å². The molecule has 0 fully saturated rings. The van der Waals surface area contributed by atoms with Gasteiger partial charge in [-0.1, -0.05) is 24.6 Å². The summed E-state index contributed by atoms with van der Waals surface area (Å²) in [6.07, 6.45) is 0.982. The SMILES string of the molecule is CCCC(=O)c1cc2c(cc1NS(=O)(=O)c1ccc(C)cc1)OCCO2. The topological polar surface area (TPSA) is 81.7 Å². The molecule has 0 spiro atoms. The number of fused-ring (bicyclic) bond motifs is 1. The molecule has 0 saturated heterocycles. The normalized spacial score (nSPS) is 13.3. The minimum Gasteiger partial charge on any atom is -0.486 e. The lowest BCUT2D eigenvalue weighted by molar-refractivity contribution is 0.0981. The van der Waals surface area contributed by atoms with Crippen LogP contribution in [0, 0.1) is 6.92 Å². The number of benzene rings is 2. The molecule has 1 aliphatic rings. The Morgan fingerprint density at radius 3 is 2.31 bits per heavy atom. The summed E-state index contributed by atoms with van der Waals surface area (Å²) in [7, 11) is -3.83. The first-order valence-electron chi connectivity index (χ1n) is 8.47. The minimum absolute atomic E-state index is 0.131.